The van der Waals surface area contributed by atoms with Crippen LogP contribution in [0.15, 0.2) is 23.8 Å². The fourth-order valence-electron chi connectivity index (χ4n) is 2.02. The van der Waals surface area contributed by atoms with Gasteiger partial charge in [0, 0.05) is 17.1 Å². The highest BCUT2D eigenvalue weighted by atomic mass is 35.5. The van der Waals surface area contributed by atoms with Crippen molar-refractivity contribution in [1.82, 2.24) is 5.32 Å². The smallest absolute Gasteiger partial charge is 0.127 e. The number of halogens is 1. The summed E-state index contributed by atoms with van der Waals surface area (Å²) >= 11 is 5.97. The van der Waals surface area contributed by atoms with E-state index >= 15 is 0 Å². The molecule has 19 heavy (non-hydrogen) atoms. The minimum absolute atomic E-state index is 0.205. The second-order valence-electron chi connectivity index (χ2n) is 4.80. The highest BCUT2D eigenvalue weighted by Crippen LogP contribution is 2.28. The Labute approximate surface area is 119 Å². The molecule has 0 saturated carbocycles. The topological polar surface area (TPSA) is 41.5 Å². The fourth-order valence-corrected chi connectivity index (χ4v) is 2.20. The number of nitrogens with one attached hydrogen (secondary N) is 1. The minimum Gasteiger partial charge on any atom is -0.489 e. The molecule has 1 aromatic carbocycles. The number of fused-ring (bicyclic) bond motifs is 1. The lowest BCUT2D eigenvalue weighted by Crippen LogP contribution is -2.25. The predicted molar refractivity (Wildman–Crippen MR) is 78.7 cm³/mol. The second kappa shape index (κ2) is 6.94. The molecule has 1 aliphatic rings. The number of hydrogen-bond donors (Lipinski definition) is 2. The maximum Gasteiger partial charge on any atom is 0.127 e. The summed E-state index contributed by atoms with van der Waals surface area (Å²) in [6.45, 7) is 4.19. The first-order valence-corrected chi connectivity index (χ1v) is 7.07. The Kier molecular flexibility index (Phi) is 5.25. The van der Waals surface area contributed by atoms with E-state index in [0.29, 0.717) is 6.61 Å². The van der Waals surface area contributed by atoms with E-state index in [-0.39, 0.29) is 6.10 Å². The van der Waals surface area contributed by atoms with Crippen LogP contribution >= 0.6 is 11.6 Å². The molecule has 1 heterocycles. The molecule has 0 aromatic heterocycles. The molecule has 0 amide bonds. The van der Waals surface area contributed by atoms with Gasteiger partial charge < -0.3 is 15.2 Å². The van der Waals surface area contributed by atoms with Crippen LogP contribution in [0.5, 0.6) is 5.75 Å². The van der Waals surface area contributed by atoms with Crippen molar-refractivity contribution >= 4 is 17.7 Å². The number of benzene rings is 1. The van der Waals surface area contributed by atoms with Crippen LogP contribution in [0.4, 0.5) is 0 Å². The highest BCUT2D eigenvalue weighted by Gasteiger charge is 2.11. The van der Waals surface area contributed by atoms with Crippen LogP contribution in [0.3, 0.4) is 0 Å². The number of hydrogen-bond acceptors (Lipinski definition) is 3. The summed E-state index contributed by atoms with van der Waals surface area (Å²) in [5.41, 5.74) is 2.23. The zero-order valence-electron chi connectivity index (χ0n) is 11.2. The Morgan fingerprint density at radius 2 is 2.32 bits per heavy atom. The molecule has 1 unspecified atom stereocenters. The molecule has 0 spiro atoms. The maximum atomic E-state index is 9.46. The minimum atomic E-state index is -0.205. The molecule has 0 aliphatic carbocycles. The van der Waals surface area contributed by atoms with E-state index in [1.165, 1.54) is 5.57 Å². The van der Waals surface area contributed by atoms with Gasteiger partial charge in [0.2, 0.25) is 0 Å². The molecule has 3 nitrogen and oxygen atoms in total. The van der Waals surface area contributed by atoms with E-state index < -0.39 is 0 Å². The molecule has 4 heteroatoms. The quantitative estimate of drug-likeness (QED) is 0.788. The van der Waals surface area contributed by atoms with Crippen LogP contribution in [0.1, 0.15) is 25.3 Å². The summed E-state index contributed by atoms with van der Waals surface area (Å²) in [5, 5.41) is 13.5. The van der Waals surface area contributed by atoms with E-state index in [2.05, 4.69) is 11.4 Å². The largest absolute Gasteiger partial charge is 0.489 e. The summed E-state index contributed by atoms with van der Waals surface area (Å²) in [5.74, 6) is 0.884. The Balaban J connectivity index is 1.85. The Bertz CT molecular complexity index is 459. The van der Waals surface area contributed by atoms with Crippen molar-refractivity contribution in [3.05, 3.63) is 34.4 Å². The highest BCUT2D eigenvalue weighted by molar-refractivity contribution is 6.30. The molecular weight excluding hydrogens is 262 g/mol. The van der Waals surface area contributed by atoms with Crippen molar-refractivity contribution in [2.45, 2.75) is 25.9 Å². The first-order chi connectivity index (χ1) is 9.19. The van der Waals surface area contributed by atoms with E-state index in [9.17, 15) is 5.11 Å². The molecular formula is C15H20ClNO2. The van der Waals surface area contributed by atoms with Crippen LogP contribution in [0.2, 0.25) is 5.02 Å². The Morgan fingerprint density at radius 3 is 3.11 bits per heavy atom. The molecule has 1 atom stereocenters. The zero-order chi connectivity index (χ0) is 13.7. The normalized spacial score (nSPS) is 15.4. The SMILES string of the molecule is CCC(O)CCNCC1=Cc2cc(Cl)ccc2OC1. The number of aliphatic hydroxyl groups excluding tert-OH is 1. The first-order valence-electron chi connectivity index (χ1n) is 6.69. The number of ether oxygens (including phenoxy) is 1. The van der Waals surface area contributed by atoms with Gasteiger partial charge in [0.15, 0.2) is 0 Å². The van der Waals surface area contributed by atoms with Crippen LogP contribution < -0.4 is 10.1 Å². The van der Waals surface area contributed by atoms with Gasteiger partial charge in [-0.1, -0.05) is 18.5 Å². The third kappa shape index (κ3) is 4.23. The van der Waals surface area contributed by atoms with Crippen molar-refractivity contribution in [1.29, 1.82) is 0 Å². The van der Waals surface area contributed by atoms with Crippen molar-refractivity contribution in [2.75, 3.05) is 19.7 Å². The monoisotopic (exact) mass is 281 g/mol. The van der Waals surface area contributed by atoms with E-state index in [1.807, 2.05) is 25.1 Å². The summed E-state index contributed by atoms with van der Waals surface area (Å²) in [6.07, 6.45) is 3.50. The summed E-state index contributed by atoms with van der Waals surface area (Å²) in [4.78, 5) is 0. The van der Waals surface area contributed by atoms with E-state index in [4.69, 9.17) is 16.3 Å². The number of aliphatic hydroxyl groups is 1. The van der Waals surface area contributed by atoms with Gasteiger partial charge in [0.05, 0.1) is 6.10 Å². The lowest BCUT2D eigenvalue weighted by atomic mass is 10.1. The first kappa shape index (κ1) is 14.4. The van der Waals surface area contributed by atoms with Crippen LogP contribution in [-0.4, -0.2) is 30.9 Å². The van der Waals surface area contributed by atoms with Gasteiger partial charge >= 0.3 is 0 Å². The Morgan fingerprint density at radius 1 is 1.47 bits per heavy atom. The molecule has 0 fully saturated rings. The average molecular weight is 282 g/mol. The van der Waals surface area contributed by atoms with Crippen molar-refractivity contribution in [3.63, 3.8) is 0 Å². The van der Waals surface area contributed by atoms with Gasteiger partial charge in [-0.25, -0.2) is 0 Å². The maximum absolute atomic E-state index is 9.46. The standard InChI is InChI=1S/C15H20ClNO2/c1-2-14(18)5-6-17-9-11-7-12-8-13(16)3-4-15(12)19-10-11/h3-4,7-8,14,17-18H,2,5-6,9-10H2,1H3. The lowest BCUT2D eigenvalue weighted by Gasteiger charge is -2.18. The zero-order valence-corrected chi connectivity index (χ0v) is 11.9. The van der Waals surface area contributed by atoms with Gasteiger partial charge in [-0.3, -0.25) is 0 Å². The number of rotatable bonds is 6. The molecule has 2 rings (SSSR count). The molecule has 0 bridgehead atoms. The molecule has 2 N–H and O–H groups in total. The fraction of sp³-hybridized carbons (Fsp3) is 0.467. The molecule has 1 aliphatic heterocycles. The average Bonchev–Trinajstić information content (AvgIpc) is 2.42. The van der Waals surface area contributed by atoms with Crippen LogP contribution in [-0.2, 0) is 0 Å². The Hall–Kier alpha value is -1.03. The third-order valence-electron chi connectivity index (χ3n) is 3.22. The van der Waals surface area contributed by atoms with E-state index in [1.54, 1.807) is 0 Å². The van der Waals surface area contributed by atoms with Crippen LogP contribution in [0, 0.1) is 0 Å². The van der Waals surface area contributed by atoms with Gasteiger partial charge in [0.1, 0.15) is 12.4 Å². The third-order valence-corrected chi connectivity index (χ3v) is 3.46. The van der Waals surface area contributed by atoms with Crippen molar-refractivity contribution < 1.29 is 9.84 Å². The molecule has 0 radical (unpaired) electrons. The molecule has 104 valence electrons. The van der Waals surface area contributed by atoms with Gasteiger partial charge in [-0.2, -0.15) is 0 Å². The summed E-state index contributed by atoms with van der Waals surface area (Å²) in [6, 6.07) is 5.65. The van der Waals surface area contributed by atoms with Gasteiger partial charge in [-0.05, 0) is 49.2 Å². The van der Waals surface area contributed by atoms with Crippen molar-refractivity contribution in [2.24, 2.45) is 0 Å². The van der Waals surface area contributed by atoms with E-state index in [0.717, 1.165) is 42.3 Å². The summed E-state index contributed by atoms with van der Waals surface area (Å²) in [7, 11) is 0. The lowest BCUT2D eigenvalue weighted by molar-refractivity contribution is 0.160. The van der Waals surface area contributed by atoms with Gasteiger partial charge in [0.25, 0.3) is 0 Å². The second-order valence-corrected chi connectivity index (χ2v) is 5.24. The van der Waals surface area contributed by atoms with Gasteiger partial charge in [-0.15, -0.1) is 0 Å². The molecule has 0 saturated heterocycles. The molecule has 1 aromatic rings. The van der Waals surface area contributed by atoms with Crippen LogP contribution in [0.25, 0.3) is 6.08 Å². The summed E-state index contributed by atoms with van der Waals surface area (Å²) < 4.78 is 5.67. The van der Waals surface area contributed by atoms with Crippen molar-refractivity contribution in [3.8, 4) is 5.75 Å². The predicted octanol–water partition coefficient (Wildman–Crippen LogP) is 2.87.